The van der Waals surface area contributed by atoms with Crippen molar-refractivity contribution >= 4 is 23.1 Å². The number of halogens is 1. The van der Waals surface area contributed by atoms with Crippen molar-refractivity contribution < 1.29 is 9.34 Å². The van der Waals surface area contributed by atoms with Crippen LogP contribution < -0.4 is 5.32 Å². The van der Waals surface area contributed by atoms with Crippen LogP contribution in [-0.4, -0.2) is 9.91 Å². The third kappa shape index (κ3) is 2.78. The van der Waals surface area contributed by atoms with E-state index in [1.54, 1.807) is 6.07 Å². The Morgan fingerprint density at radius 1 is 1.56 bits per heavy atom. The Labute approximate surface area is 108 Å². The molecule has 0 spiro atoms. The van der Waals surface area contributed by atoms with Crippen molar-refractivity contribution in [3.8, 4) is 0 Å². The molecule has 2 rings (SSSR count). The monoisotopic (exact) mass is 267 g/mol. The van der Waals surface area contributed by atoms with Gasteiger partial charge >= 0.3 is 5.69 Å². The topological polar surface area (TPSA) is 81.2 Å². The van der Waals surface area contributed by atoms with Gasteiger partial charge in [-0.2, -0.15) is 0 Å². The lowest BCUT2D eigenvalue weighted by atomic mass is 10.3. The van der Waals surface area contributed by atoms with Crippen molar-refractivity contribution in [1.82, 2.24) is 4.98 Å². The molecule has 0 unspecified atom stereocenters. The van der Waals surface area contributed by atoms with Crippen LogP contribution in [0.1, 0.15) is 11.5 Å². The third-order valence-electron chi connectivity index (χ3n) is 2.26. The van der Waals surface area contributed by atoms with Gasteiger partial charge in [-0.1, -0.05) is 11.6 Å². The smallest absolute Gasteiger partial charge is 0.312 e. The number of aromatic nitrogens is 1. The molecule has 0 bridgehead atoms. The number of rotatable bonds is 4. The number of hydrogen-bond acceptors (Lipinski definition) is 5. The van der Waals surface area contributed by atoms with E-state index in [1.165, 1.54) is 12.3 Å². The van der Waals surface area contributed by atoms with Crippen molar-refractivity contribution in [3.63, 3.8) is 0 Å². The molecule has 0 aliphatic rings. The van der Waals surface area contributed by atoms with Gasteiger partial charge in [-0.05, 0) is 19.1 Å². The van der Waals surface area contributed by atoms with Crippen LogP contribution >= 0.6 is 11.6 Å². The van der Waals surface area contributed by atoms with Crippen molar-refractivity contribution in [2.75, 3.05) is 5.32 Å². The van der Waals surface area contributed by atoms with Crippen LogP contribution in [0.2, 0.25) is 5.02 Å². The zero-order valence-electron chi connectivity index (χ0n) is 9.51. The molecule has 94 valence electrons. The largest absolute Gasteiger partial charge is 0.465 e. The molecule has 2 heterocycles. The number of anilines is 1. The maximum atomic E-state index is 10.8. The first kappa shape index (κ1) is 12.4. The van der Waals surface area contributed by atoms with Crippen LogP contribution in [0.5, 0.6) is 0 Å². The number of aryl methyl sites for hydroxylation is 1. The molecule has 0 aliphatic carbocycles. The predicted molar refractivity (Wildman–Crippen MR) is 66.7 cm³/mol. The first-order valence-corrected chi connectivity index (χ1v) is 5.53. The van der Waals surface area contributed by atoms with Crippen molar-refractivity contribution in [2.24, 2.45) is 0 Å². The minimum Gasteiger partial charge on any atom is -0.465 e. The molecule has 0 aliphatic heterocycles. The van der Waals surface area contributed by atoms with Gasteiger partial charge in [0.1, 0.15) is 11.5 Å². The summed E-state index contributed by atoms with van der Waals surface area (Å²) in [5.74, 6) is 1.63. The summed E-state index contributed by atoms with van der Waals surface area (Å²) in [7, 11) is 0. The second-order valence-electron chi connectivity index (χ2n) is 3.64. The number of nitrogens with one attached hydrogen (secondary N) is 1. The molecule has 0 saturated heterocycles. The van der Waals surface area contributed by atoms with Gasteiger partial charge in [-0.15, -0.1) is 0 Å². The highest BCUT2D eigenvalue weighted by Crippen LogP contribution is 2.25. The van der Waals surface area contributed by atoms with E-state index in [4.69, 9.17) is 16.0 Å². The van der Waals surface area contributed by atoms with Crippen LogP contribution in [0.3, 0.4) is 0 Å². The standard InChI is InChI=1S/C11H10ClN3O3/c1-7-2-3-9(18-7)6-14-11-10(15(16)17)4-8(12)5-13-11/h2-5H,6H2,1H3,(H,13,14). The molecular formula is C11H10ClN3O3. The summed E-state index contributed by atoms with van der Waals surface area (Å²) in [6.45, 7) is 2.15. The van der Waals surface area contributed by atoms with Gasteiger partial charge in [0.2, 0.25) is 5.82 Å². The first-order valence-electron chi connectivity index (χ1n) is 5.15. The molecule has 2 aromatic heterocycles. The second kappa shape index (κ2) is 5.05. The third-order valence-corrected chi connectivity index (χ3v) is 2.46. The van der Waals surface area contributed by atoms with Crippen LogP contribution in [0.4, 0.5) is 11.5 Å². The Balaban J connectivity index is 2.16. The normalized spacial score (nSPS) is 10.3. The summed E-state index contributed by atoms with van der Waals surface area (Å²) < 4.78 is 5.34. The average Bonchev–Trinajstić information content (AvgIpc) is 2.73. The van der Waals surface area contributed by atoms with E-state index in [0.29, 0.717) is 12.3 Å². The molecular weight excluding hydrogens is 258 g/mol. The second-order valence-corrected chi connectivity index (χ2v) is 4.08. The fourth-order valence-electron chi connectivity index (χ4n) is 1.45. The van der Waals surface area contributed by atoms with Gasteiger partial charge in [-0.3, -0.25) is 10.1 Å². The molecule has 0 amide bonds. The van der Waals surface area contributed by atoms with Gasteiger partial charge in [0, 0.05) is 12.3 Å². The summed E-state index contributed by atoms with van der Waals surface area (Å²) in [6, 6.07) is 4.87. The molecule has 2 aromatic rings. The number of nitro groups is 1. The summed E-state index contributed by atoms with van der Waals surface area (Å²) in [6.07, 6.45) is 1.35. The highest BCUT2D eigenvalue weighted by atomic mass is 35.5. The molecule has 18 heavy (non-hydrogen) atoms. The molecule has 6 nitrogen and oxygen atoms in total. The van der Waals surface area contributed by atoms with Gasteiger partial charge in [0.05, 0.1) is 16.5 Å². The van der Waals surface area contributed by atoms with Crippen molar-refractivity contribution in [2.45, 2.75) is 13.5 Å². The Bertz CT molecular complexity index is 583. The van der Waals surface area contributed by atoms with E-state index < -0.39 is 4.92 Å². The van der Waals surface area contributed by atoms with Crippen LogP contribution in [0.25, 0.3) is 0 Å². The number of nitrogens with zero attached hydrogens (tertiary/aromatic N) is 2. The quantitative estimate of drug-likeness (QED) is 0.680. The van der Waals surface area contributed by atoms with E-state index in [9.17, 15) is 10.1 Å². The summed E-state index contributed by atoms with van der Waals surface area (Å²) >= 11 is 5.67. The van der Waals surface area contributed by atoms with E-state index in [-0.39, 0.29) is 16.5 Å². The molecule has 1 N–H and O–H groups in total. The van der Waals surface area contributed by atoms with E-state index in [2.05, 4.69) is 10.3 Å². The minimum absolute atomic E-state index is 0.161. The minimum atomic E-state index is -0.533. The molecule has 7 heteroatoms. The Hall–Kier alpha value is -2.08. The fourth-order valence-corrected chi connectivity index (χ4v) is 1.61. The lowest BCUT2D eigenvalue weighted by Gasteiger charge is -2.04. The van der Waals surface area contributed by atoms with Crippen LogP contribution in [0, 0.1) is 17.0 Å². The number of furan rings is 1. The first-order chi connectivity index (χ1) is 8.56. The molecule has 0 fully saturated rings. The molecule has 0 saturated carbocycles. The fraction of sp³-hybridized carbons (Fsp3) is 0.182. The molecule has 0 radical (unpaired) electrons. The van der Waals surface area contributed by atoms with E-state index >= 15 is 0 Å². The number of pyridine rings is 1. The lowest BCUT2D eigenvalue weighted by Crippen LogP contribution is -2.04. The Morgan fingerprint density at radius 2 is 2.33 bits per heavy atom. The highest BCUT2D eigenvalue weighted by Gasteiger charge is 2.16. The van der Waals surface area contributed by atoms with Gasteiger partial charge in [0.15, 0.2) is 0 Å². The maximum Gasteiger partial charge on any atom is 0.312 e. The molecule has 0 atom stereocenters. The van der Waals surface area contributed by atoms with Crippen LogP contribution in [-0.2, 0) is 6.54 Å². The predicted octanol–water partition coefficient (Wildman–Crippen LogP) is 3.16. The lowest BCUT2D eigenvalue weighted by molar-refractivity contribution is -0.384. The van der Waals surface area contributed by atoms with Gasteiger partial charge < -0.3 is 9.73 Å². The van der Waals surface area contributed by atoms with Crippen molar-refractivity contribution in [1.29, 1.82) is 0 Å². The maximum absolute atomic E-state index is 10.8. The highest BCUT2D eigenvalue weighted by molar-refractivity contribution is 6.30. The zero-order chi connectivity index (χ0) is 13.1. The Kier molecular flexibility index (Phi) is 3.47. The van der Waals surface area contributed by atoms with Crippen LogP contribution in [0.15, 0.2) is 28.8 Å². The average molecular weight is 268 g/mol. The summed E-state index contributed by atoms with van der Waals surface area (Å²) in [4.78, 5) is 14.2. The molecule has 0 aromatic carbocycles. The van der Waals surface area contributed by atoms with Gasteiger partial charge in [-0.25, -0.2) is 4.98 Å². The summed E-state index contributed by atoms with van der Waals surface area (Å²) in [5, 5.41) is 13.9. The van der Waals surface area contributed by atoms with E-state index in [0.717, 1.165) is 5.76 Å². The SMILES string of the molecule is Cc1ccc(CNc2ncc(Cl)cc2[N+](=O)[O-])o1. The number of hydrogen-bond donors (Lipinski definition) is 1. The van der Waals surface area contributed by atoms with Crippen molar-refractivity contribution in [3.05, 3.63) is 51.1 Å². The summed E-state index contributed by atoms with van der Waals surface area (Å²) in [5.41, 5.74) is -0.161. The van der Waals surface area contributed by atoms with Gasteiger partial charge in [0.25, 0.3) is 0 Å². The Morgan fingerprint density at radius 3 is 2.94 bits per heavy atom. The zero-order valence-corrected chi connectivity index (χ0v) is 10.3. The van der Waals surface area contributed by atoms with E-state index in [1.807, 2.05) is 13.0 Å².